The monoisotopic (exact) mass is 286 g/mol. The van der Waals surface area contributed by atoms with Crippen LogP contribution < -0.4 is 0 Å². The van der Waals surface area contributed by atoms with Gasteiger partial charge in [-0.05, 0) is 6.07 Å². The van der Waals surface area contributed by atoms with E-state index < -0.39 is 22.7 Å². The van der Waals surface area contributed by atoms with Crippen molar-refractivity contribution in [2.75, 3.05) is 14.1 Å². The molecular formula is C10H11ClF4N2O. The molecule has 1 aromatic heterocycles. The first kappa shape index (κ1) is 16.6. The van der Waals surface area contributed by atoms with Crippen LogP contribution in [0, 0.1) is 5.95 Å². The summed E-state index contributed by atoms with van der Waals surface area (Å²) in [7, 11) is 3.45. The molecule has 0 aliphatic heterocycles. The van der Waals surface area contributed by atoms with Crippen LogP contribution in [0.2, 0.25) is 5.02 Å². The van der Waals surface area contributed by atoms with Gasteiger partial charge in [0.15, 0.2) is 0 Å². The Hall–Kier alpha value is -1.37. The molecule has 0 aliphatic carbocycles. The third-order valence-electron chi connectivity index (χ3n) is 1.75. The maximum Gasteiger partial charge on any atom is 0.417 e. The third kappa shape index (κ3) is 5.81. The topological polar surface area (TPSA) is 33.2 Å². The highest BCUT2D eigenvalue weighted by molar-refractivity contribution is 6.30. The minimum atomic E-state index is -4.54. The maximum absolute atomic E-state index is 12.3. The van der Waals surface area contributed by atoms with Crippen molar-refractivity contribution < 1.29 is 22.4 Å². The van der Waals surface area contributed by atoms with Crippen LogP contribution in [-0.4, -0.2) is 29.9 Å². The number of alkyl halides is 3. The zero-order valence-electron chi connectivity index (χ0n) is 9.85. The first-order chi connectivity index (χ1) is 8.05. The van der Waals surface area contributed by atoms with Gasteiger partial charge < -0.3 is 4.90 Å². The fourth-order valence-electron chi connectivity index (χ4n) is 0.576. The van der Waals surface area contributed by atoms with Crippen molar-refractivity contribution in [1.29, 1.82) is 0 Å². The number of amides is 1. The van der Waals surface area contributed by atoms with Gasteiger partial charge in [0.05, 0.1) is 10.6 Å². The molecule has 0 radical (unpaired) electrons. The Balaban J connectivity index is 0.000000411. The summed E-state index contributed by atoms with van der Waals surface area (Å²) in [6.45, 7) is 1.53. The molecule has 1 amide bonds. The smallest absolute Gasteiger partial charge is 0.349 e. The molecule has 102 valence electrons. The van der Waals surface area contributed by atoms with Gasteiger partial charge in [0.2, 0.25) is 11.9 Å². The summed E-state index contributed by atoms with van der Waals surface area (Å²) < 4.78 is 47.9. The van der Waals surface area contributed by atoms with E-state index in [0.717, 1.165) is 0 Å². The molecule has 0 saturated carbocycles. The van der Waals surface area contributed by atoms with E-state index in [1.807, 2.05) is 0 Å². The van der Waals surface area contributed by atoms with Crippen LogP contribution in [0.15, 0.2) is 12.3 Å². The van der Waals surface area contributed by atoms with Crippen molar-refractivity contribution in [3.8, 4) is 0 Å². The fourth-order valence-corrected chi connectivity index (χ4v) is 0.743. The molecule has 0 atom stereocenters. The van der Waals surface area contributed by atoms with Crippen LogP contribution in [0.5, 0.6) is 0 Å². The lowest BCUT2D eigenvalue weighted by Gasteiger charge is -2.05. The number of hydrogen-bond acceptors (Lipinski definition) is 2. The van der Waals surface area contributed by atoms with Crippen LogP contribution in [0.25, 0.3) is 0 Å². The average Bonchev–Trinajstić information content (AvgIpc) is 2.21. The van der Waals surface area contributed by atoms with Crippen LogP contribution >= 0.6 is 11.6 Å². The zero-order valence-corrected chi connectivity index (χ0v) is 10.6. The van der Waals surface area contributed by atoms with Crippen LogP contribution in [0.3, 0.4) is 0 Å². The van der Waals surface area contributed by atoms with E-state index in [4.69, 9.17) is 11.6 Å². The third-order valence-corrected chi connectivity index (χ3v) is 2.02. The Morgan fingerprint density at radius 1 is 1.39 bits per heavy atom. The molecule has 8 heteroatoms. The quantitative estimate of drug-likeness (QED) is 0.543. The van der Waals surface area contributed by atoms with Gasteiger partial charge in [0.25, 0.3) is 0 Å². The Labute approximate surface area is 106 Å². The van der Waals surface area contributed by atoms with Crippen molar-refractivity contribution in [3.05, 3.63) is 28.8 Å². The van der Waals surface area contributed by atoms with Crippen LogP contribution in [0.4, 0.5) is 17.6 Å². The van der Waals surface area contributed by atoms with Gasteiger partial charge in [-0.15, -0.1) is 0 Å². The fraction of sp³-hybridized carbons (Fsp3) is 0.400. The number of aromatic nitrogens is 1. The second-order valence-electron chi connectivity index (χ2n) is 3.41. The van der Waals surface area contributed by atoms with E-state index in [2.05, 4.69) is 4.98 Å². The van der Waals surface area contributed by atoms with E-state index in [1.54, 1.807) is 14.1 Å². The van der Waals surface area contributed by atoms with E-state index in [-0.39, 0.29) is 5.91 Å². The van der Waals surface area contributed by atoms with Gasteiger partial charge in [0, 0.05) is 27.2 Å². The standard InChI is InChI=1S/C6H2ClF4N.C4H9NO/c7-4-1-3(6(9,10)11)2-12-5(4)8;1-4(6)5(2)3/h1-2H;1-3H3. The number of halogens is 5. The molecule has 0 aromatic carbocycles. The molecule has 0 unspecified atom stereocenters. The first-order valence-electron chi connectivity index (χ1n) is 4.61. The molecular weight excluding hydrogens is 276 g/mol. The molecule has 1 rings (SSSR count). The second-order valence-corrected chi connectivity index (χ2v) is 3.82. The lowest BCUT2D eigenvalue weighted by atomic mass is 10.3. The number of carbonyl (C=O) groups is 1. The number of nitrogens with zero attached hydrogens (tertiary/aromatic N) is 2. The van der Waals surface area contributed by atoms with Gasteiger partial charge in [0.1, 0.15) is 0 Å². The minimum Gasteiger partial charge on any atom is -0.349 e. The van der Waals surface area contributed by atoms with E-state index >= 15 is 0 Å². The van der Waals surface area contributed by atoms with Gasteiger partial charge in [-0.1, -0.05) is 11.6 Å². The lowest BCUT2D eigenvalue weighted by Crippen LogP contribution is -2.17. The molecule has 0 bridgehead atoms. The summed E-state index contributed by atoms with van der Waals surface area (Å²) in [4.78, 5) is 14.4. The Kier molecular flexibility index (Phi) is 6.04. The molecule has 0 spiro atoms. The highest BCUT2D eigenvalue weighted by Gasteiger charge is 2.31. The first-order valence-corrected chi connectivity index (χ1v) is 4.99. The SMILES string of the molecule is CC(=O)N(C)C.Fc1ncc(C(F)(F)F)cc1Cl. The summed E-state index contributed by atoms with van der Waals surface area (Å²) in [6.07, 6.45) is -4.15. The zero-order chi connectivity index (χ0) is 14.5. The summed E-state index contributed by atoms with van der Waals surface area (Å²) >= 11 is 5.08. The predicted octanol–water partition coefficient (Wildman–Crippen LogP) is 2.99. The van der Waals surface area contributed by atoms with Crippen LogP contribution in [-0.2, 0) is 11.0 Å². The predicted molar refractivity (Wildman–Crippen MR) is 58.6 cm³/mol. The molecule has 0 aliphatic rings. The summed E-state index contributed by atoms with van der Waals surface area (Å²) in [5.74, 6) is -1.01. The molecule has 18 heavy (non-hydrogen) atoms. The van der Waals surface area contributed by atoms with Crippen molar-refractivity contribution in [3.63, 3.8) is 0 Å². The number of hydrogen-bond donors (Lipinski definition) is 0. The number of carbonyl (C=O) groups excluding carboxylic acids is 1. The van der Waals surface area contributed by atoms with Gasteiger partial charge in [-0.2, -0.15) is 17.6 Å². The largest absolute Gasteiger partial charge is 0.417 e. The summed E-state index contributed by atoms with van der Waals surface area (Å²) in [5, 5.41) is -0.634. The van der Waals surface area contributed by atoms with Crippen molar-refractivity contribution in [2.45, 2.75) is 13.1 Å². The second kappa shape index (κ2) is 6.53. The van der Waals surface area contributed by atoms with Crippen molar-refractivity contribution >= 4 is 17.5 Å². The van der Waals surface area contributed by atoms with Crippen LogP contribution in [0.1, 0.15) is 12.5 Å². The van der Waals surface area contributed by atoms with Gasteiger partial charge >= 0.3 is 6.18 Å². The highest BCUT2D eigenvalue weighted by Crippen LogP contribution is 2.30. The summed E-state index contributed by atoms with van der Waals surface area (Å²) in [5.41, 5.74) is -1.06. The lowest BCUT2D eigenvalue weighted by molar-refractivity contribution is -0.137. The molecule has 0 saturated heterocycles. The maximum atomic E-state index is 12.3. The number of pyridine rings is 1. The molecule has 1 aromatic rings. The molecule has 0 N–H and O–H groups in total. The normalized spacial score (nSPS) is 10.4. The molecule has 3 nitrogen and oxygen atoms in total. The van der Waals surface area contributed by atoms with Gasteiger partial charge in [-0.3, -0.25) is 4.79 Å². The Morgan fingerprint density at radius 3 is 2.11 bits per heavy atom. The van der Waals surface area contributed by atoms with E-state index in [1.165, 1.54) is 11.8 Å². The Bertz CT molecular complexity index is 421. The Morgan fingerprint density at radius 2 is 1.83 bits per heavy atom. The molecule has 0 fully saturated rings. The molecule has 1 heterocycles. The van der Waals surface area contributed by atoms with Crippen molar-refractivity contribution in [1.82, 2.24) is 9.88 Å². The summed E-state index contributed by atoms with van der Waals surface area (Å²) in [6, 6.07) is 0.490. The van der Waals surface area contributed by atoms with Crippen molar-refractivity contribution in [2.24, 2.45) is 0 Å². The minimum absolute atomic E-state index is 0.0926. The average molecular weight is 287 g/mol. The van der Waals surface area contributed by atoms with E-state index in [9.17, 15) is 22.4 Å². The highest BCUT2D eigenvalue weighted by atomic mass is 35.5. The van der Waals surface area contributed by atoms with E-state index in [0.29, 0.717) is 12.3 Å². The van der Waals surface area contributed by atoms with Gasteiger partial charge in [-0.25, -0.2) is 4.98 Å². The number of rotatable bonds is 0.